The van der Waals surface area contributed by atoms with Crippen molar-refractivity contribution >= 4 is 24.2 Å². The van der Waals surface area contributed by atoms with E-state index < -0.39 is 0 Å². The lowest BCUT2D eigenvalue weighted by atomic mass is 10.1. The summed E-state index contributed by atoms with van der Waals surface area (Å²) in [5.41, 5.74) is 1.97. The molecule has 0 aliphatic rings. The van der Waals surface area contributed by atoms with Crippen LogP contribution in [0.1, 0.15) is 0 Å². The van der Waals surface area contributed by atoms with Crippen molar-refractivity contribution in [2.75, 3.05) is 0 Å². The van der Waals surface area contributed by atoms with E-state index in [1.54, 1.807) is 12.4 Å². The number of nitrogens with zero attached hydrogens (tertiary/aromatic N) is 1. The van der Waals surface area contributed by atoms with E-state index in [1.807, 2.05) is 30.3 Å². The number of benzene rings is 1. The molecule has 2 rings (SSSR count). The first-order chi connectivity index (χ1) is 6.79. The Morgan fingerprint density at radius 2 is 2.00 bits per heavy atom. The molecule has 0 aliphatic heterocycles. The molecule has 0 saturated carbocycles. The van der Waals surface area contributed by atoms with Crippen molar-refractivity contribution in [3.05, 3.63) is 47.7 Å². The summed E-state index contributed by atoms with van der Waals surface area (Å²) in [5.74, 6) is 0. The van der Waals surface area contributed by atoms with Gasteiger partial charge >= 0.3 is 0 Å². The normalized spacial score (nSPS) is 10.1. The molecule has 0 fully saturated rings. The van der Waals surface area contributed by atoms with E-state index in [-0.39, 0.29) is 0 Å². The van der Waals surface area contributed by atoms with Crippen LogP contribution in [0.3, 0.4) is 0 Å². The summed E-state index contributed by atoms with van der Waals surface area (Å²) in [6.07, 6.45) is 3.52. The number of halogens is 1. The molecule has 0 spiro atoms. The lowest BCUT2D eigenvalue weighted by Crippen LogP contribution is -1.81. The molecule has 14 heavy (non-hydrogen) atoms. The van der Waals surface area contributed by atoms with E-state index in [0.29, 0.717) is 5.02 Å². The van der Waals surface area contributed by atoms with Gasteiger partial charge in [0.25, 0.3) is 0 Å². The minimum Gasteiger partial charge on any atom is -0.264 e. The van der Waals surface area contributed by atoms with Crippen molar-refractivity contribution in [2.45, 2.75) is 4.90 Å². The van der Waals surface area contributed by atoms with Crippen LogP contribution in [0.5, 0.6) is 0 Å². The Morgan fingerprint density at radius 1 is 1.14 bits per heavy atom. The number of hydrogen-bond acceptors (Lipinski definition) is 2. The molecule has 70 valence electrons. The average molecular weight is 222 g/mol. The number of aromatic nitrogens is 1. The van der Waals surface area contributed by atoms with Gasteiger partial charge in [-0.25, -0.2) is 0 Å². The van der Waals surface area contributed by atoms with Crippen molar-refractivity contribution in [1.29, 1.82) is 0 Å². The van der Waals surface area contributed by atoms with Crippen molar-refractivity contribution < 1.29 is 0 Å². The predicted molar refractivity (Wildman–Crippen MR) is 61.9 cm³/mol. The molecule has 0 N–H and O–H groups in total. The van der Waals surface area contributed by atoms with Crippen LogP contribution in [0.4, 0.5) is 0 Å². The molecule has 1 heterocycles. The zero-order valence-corrected chi connectivity index (χ0v) is 8.96. The third-order valence-electron chi connectivity index (χ3n) is 1.95. The highest BCUT2D eigenvalue weighted by Gasteiger charge is 2.04. The maximum Gasteiger partial charge on any atom is 0.0618 e. The van der Waals surface area contributed by atoms with Gasteiger partial charge in [-0.3, -0.25) is 4.98 Å². The van der Waals surface area contributed by atoms with E-state index in [1.165, 1.54) is 0 Å². The lowest BCUT2D eigenvalue weighted by molar-refractivity contribution is 1.32. The average Bonchev–Trinajstić information content (AvgIpc) is 2.23. The molecule has 2 aromatic rings. The first kappa shape index (κ1) is 9.56. The van der Waals surface area contributed by atoms with Crippen molar-refractivity contribution in [3.8, 4) is 11.1 Å². The second kappa shape index (κ2) is 4.03. The Hall–Kier alpha value is -0.990. The van der Waals surface area contributed by atoms with Crippen LogP contribution in [0.2, 0.25) is 5.02 Å². The molecule has 1 aromatic heterocycles. The molecule has 0 amide bonds. The fourth-order valence-corrected chi connectivity index (χ4v) is 1.71. The minimum absolute atomic E-state index is 0.670. The number of hydrogen-bond donors (Lipinski definition) is 1. The summed E-state index contributed by atoms with van der Waals surface area (Å²) < 4.78 is 0. The molecular weight excluding hydrogens is 214 g/mol. The van der Waals surface area contributed by atoms with Crippen LogP contribution in [-0.2, 0) is 0 Å². The van der Waals surface area contributed by atoms with Crippen LogP contribution in [0.15, 0.2) is 47.6 Å². The highest BCUT2D eigenvalue weighted by Crippen LogP contribution is 2.31. The smallest absolute Gasteiger partial charge is 0.0618 e. The largest absolute Gasteiger partial charge is 0.264 e. The molecule has 0 atom stereocenters. The molecule has 0 unspecified atom stereocenters. The van der Waals surface area contributed by atoms with Gasteiger partial charge in [-0.05, 0) is 12.1 Å². The quantitative estimate of drug-likeness (QED) is 0.725. The van der Waals surface area contributed by atoms with Gasteiger partial charge in [0.15, 0.2) is 0 Å². The Balaban J connectivity index is 2.58. The van der Waals surface area contributed by atoms with E-state index in [9.17, 15) is 0 Å². The van der Waals surface area contributed by atoms with Gasteiger partial charge in [0.1, 0.15) is 0 Å². The Labute approximate surface area is 93.2 Å². The van der Waals surface area contributed by atoms with Gasteiger partial charge in [0, 0.05) is 28.4 Å². The second-order valence-electron chi connectivity index (χ2n) is 2.88. The molecule has 3 heteroatoms. The SMILES string of the molecule is Sc1cccc(-c2cccnc2)c1Cl. The van der Waals surface area contributed by atoms with Gasteiger partial charge < -0.3 is 0 Å². The first-order valence-corrected chi connectivity index (χ1v) is 4.99. The summed E-state index contributed by atoms with van der Waals surface area (Å²) in [4.78, 5) is 4.83. The van der Waals surface area contributed by atoms with Gasteiger partial charge in [-0.15, -0.1) is 12.6 Å². The monoisotopic (exact) mass is 221 g/mol. The highest BCUT2D eigenvalue weighted by molar-refractivity contribution is 7.80. The molecule has 1 nitrogen and oxygen atoms in total. The molecule has 0 bridgehead atoms. The van der Waals surface area contributed by atoms with Crippen molar-refractivity contribution in [1.82, 2.24) is 4.98 Å². The number of pyridine rings is 1. The van der Waals surface area contributed by atoms with Gasteiger partial charge in [-0.1, -0.05) is 29.8 Å². The van der Waals surface area contributed by atoms with Crippen LogP contribution in [0, 0.1) is 0 Å². The van der Waals surface area contributed by atoms with Gasteiger partial charge in [0.2, 0.25) is 0 Å². The highest BCUT2D eigenvalue weighted by atomic mass is 35.5. The Bertz CT molecular complexity index is 442. The number of rotatable bonds is 1. The van der Waals surface area contributed by atoms with E-state index in [2.05, 4.69) is 17.6 Å². The fraction of sp³-hybridized carbons (Fsp3) is 0. The summed E-state index contributed by atoms with van der Waals surface area (Å²) >= 11 is 10.4. The molecule has 0 radical (unpaired) electrons. The lowest BCUT2D eigenvalue weighted by Gasteiger charge is -2.05. The summed E-state index contributed by atoms with van der Waals surface area (Å²) in [5, 5.41) is 0.670. The zero-order valence-electron chi connectivity index (χ0n) is 7.31. The Morgan fingerprint density at radius 3 is 2.71 bits per heavy atom. The van der Waals surface area contributed by atoms with E-state index >= 15 is 0 Å². The summed E-state index contributed by atoms with van der Waals surface area (Å²) in [6, 6.07) is 9.61. The number of thiol groups is 1. The third kappa shape index (κ3) is 1.76. The molecular formula is C11H8ClNS. The summed E-state index contributed by atoms with van der Waals surface area (Å²) in [7, 11) is 0. The van der Waals surface area contributed by atoms with Crippen LogP contribution in [0.25, 0.3) is 11.1 Å². The van der Waals surface area contributed by atoms with Crippen LogP contribution >= 0.6 is 24.2 Å². The maximum atomic E-state index is 6.12. The fourth-order valence-electron chi connectivity index (χ4n) is 1.26. The molecule has 0 saturated heterocycles. The van der Waals surface area contributed by atoms with Crippen LogP contribution < -0.4 is 0 Å². The van der Waals surface area contributed by atoms with E-state index in [0.717, 1.165) is 16.0 Å². The van der Waals surface area contributed by atoms with Crippen molar-refractivity contribution in [2.24, 2.45) is 0 Å². The van der Waals surface area contributed by atoms with Crippen LogP contribution in [-0.4, -0.2) is 4.98 Å². The minimum atomic E-state index is 0.670. The molecule has 0 aliphatic carbocycles. The zero-order chi connectivity index (χ0) is 9.97. The standard InChI is InChI=1S/C11H8ClNS/c12-11-9(4-1-5-10(11)14)8-3-2-6-13-7-8/h1-7,14H. The van der Waals surface area contributed by atoms with Crippen molar-refractivity contribution in [3.63, 3.8) is 0 Å². The van der Waals surface area contributed by atoms with Gasteiger partial charge in [0.05, 0.1) is 5.02 Å². The van der Waals surface area contributed by atoms with Gasteiger partial charge in [-0.2, -0.15) is 0 Å². The predicted octanol–water partition coefficient (Wildman–Crippen LogP) is 3.69. The van der Waals surface area contributed by atoms with E-state index in [4.69, 9.17) is 11.6 Å². The maximum absolute atomic E-state index is 6.12. The third-order valence-corrected chi connectivity index (χ3v) is 2.86. The molecule has 1 aromatic carbocycles. The topological polar surface area (TPSA) is 12.9 Å². The first-order valence-electron chi connectivity index (χ1n) is 4.17. The second-order valence-corrected chi connectivity index (χ2v) is 3.74. The Kier molecular flexibility index (Phi) is 2.75. The summed E-state index contributed by atoms with van der Waals surface area (Å²) in [6.45, 7) is 0.